The van der Waals surface area contributed by atoms with Crippen molar-refractivity contribution in [2.24, 2.45) is 0 Å². The van der Waals surface area contributed by atoms with Gasteiger partial charge in [-0.2, -0.15) is 5.10 Å². The summed E-state index contributed by atoms with van der Waals surface area (Å²) >= 11 is 5.98. The second kappa shape index (κ2) is 5.89. The molecule has 0 atom stereocenters. The Kier molecular flexibility index (Phi) is 3.79. The highest BCUT2D eigenvalue weighted by molar-refractivity contribution is 6.30. The van der Waals surface area contributed by atoms with Gasteiger partial charge in [0.25, 0.3) is 0 Å². The van der Waals surface area contributed by atoms with Gasteiger partial charge in [0, 0.05) is 11.1 Å². The maximum Gasteiger partial charge on any atom is 0.165 e. The molecule has 3 rings (SSSR count). The van der Waals surface area contributed by atoms with E-state index in [4.69, 9.17) is 21.1 Å². The molecule has 0 amide bonds. The van der Waals surface area contributed by atoms with E-state index in [2.05, 4.69) is 5.10 Å². The van der Waals surface area contributed by atoms with Crippen molar-refractivity contribution >= 4 is 11.6 Å². The highest BCUT2D eigenvalue weighted by atomic mass is 35.5. The maximum atomic E-state index is 5.98. The molecule has 0 aliphatic carbocycles. The Labute approximate surface area is 127 Å². The molecule has 4 nitrogen and oxygen atoms in total. The Morgan fingerprint density at radius 2 is 1.81 bits per heavy atom. The van der Waals surface area contributed by atoms with E-state index in [0.29, 0.717) is 16.5 Å². The normalized spacial score (nSPS) is 10.4. The van der Waals surface area contributed by atoms with Gasteiger partial charge in [-0.1, -0.05) is 23.7 Å². The molecule has 0 spiro atoms. The van der Waals surface area contributed by atoms with Gasteiger partial charge in [-0.15, -0.1) is 0 Å². The molecule has 0 aliphatic rings. The molecule has 0 saturated carbocycles. The maximum absolute atomic E-state index is 5.98. The van der Waals surface area contributed by atoms with Crippen molar-refractivity contribution in [1.82, 2.24) is 9.78 Å². The van der Waals surface area contributed by atoms with Crippen LogP contribution in [0.1, 0.15) is 0 Å². The molecule has 0 fully saturated rings. The lowest BCUT2D eigenvalue weighted by molar-refractivity contribution is 0.409. The number of hydrogen-bond donors (Lipinski definition) is 0. The van der Waals surface area contributed by atoms with Gasteiger partial charge in [0.05, 0.1) is 25.2 Å². The number of aromatic nitrogens is 2. The standard InChI is InChI=1S/C16H13ClN2O2/c1-20-14-6-3-7-15(9-14)21-16-10-18-19(11-16)13-5-2-4-12(17)8-13/h2-11H,1H3. The molecule has 1 aromatic heterocycles. The number of methoxy groups -OCH3 is 1. The summed E-state index contributed by atoms with van der Waals surface area (Å²) in [6, 6.07) is 14.9. The van der Waals surface area contributed by atoms with Crippen molar-refractivity contribution in [2.75, 3.05) is 7.11 Å². The van der Waals surface area contributed by atoms with Crippen molar-refractivity contribution < 1.29 is 9.47 Å². The number of benzene rings is 2. The lowest BCUT2D eigenvalue weighted by Gasteiger charge is -2.05. The summed E-state index contributed by atoms with van der Waals surface area (Å²) in [5.41, 5.74) is 0.878. The van der Waals surface area contributed by atoms with Crippen LogP contribution in [0.2, 0.25) is 5.02 Å². The van der Waals surface area contributed by atoms with Crippen molar-refractivity contribution in [1.29, 1.82) is 0 Å². The smallest absolute Gasteiger partial charge is 0.165 e. The fourth-order valence-corrected chi connectivity index (χ4v) is 2.10. The van der Waals surface area contributed by atoms with Gasteiger partial charge in [-0.3, -0.25) is 0 Å². The van der Waals surface area contributed by atoms with E-state index in [9.17, 15) is 0 Å². The van der Waals surface area contributed by atoms with Crippen LogP contribution in [0.5, 0.6) is 17.2 Å². The van der Waals surface area contributed by atoms with Crippen LogP contribution in [-0.4, -0.2) is 16.9 Å². The van der Waals surface area contributed by atoms with E-state index in [1.165, 1.54) is 0 Å². The SMILES string of the molecule is COc1cccc(Oc2cnn(-c3cccc(Cl)c3)c2)c1. The third-order valence-electron chi connectivity index (χ3n) is 2.91. The summed E-state index contributed by atoms with van der Waals surface area (Å²) in [5, 5.41) is 4.93. The van der Waals surface area contributed by atoms with Gasteiger partial charge in [0.15, 0.2) is 5.75 Å². The van der Waals surface area contributed by atoms with E-state index < -0.39 is 0 Å². The molecule has 0 saturated heterocycles. The summed E-state index contributed by atoms with van der Waals surface area (Å²) in [7, 11) is 1.62. The molecule has 0 bridgehead atoms. The fourth-order valence-electron chi connectivity index (χ4n) is 1.92. The van der Waals surface area contributed by atoms with Gasteiger partial charge in [-0.25, -0.2) is 4.68 Å². The molecular formula is C16H13ClN2O2. The largest absolute Gasteiger partial charge is 0.497 e. The minimum atomic E-state index is 0.642. The third-order valence-corrected chi connectivity index (χ3v) is 3.14. The minimum Gasteiger partial charge on any atom is -0.497 e. The van der Waals surface area contributed by atoms with Gasteiger partial charge in [-0.05, 0) is 30.3 Å². The Balaban J connectivity index is 1.81. The average molecular weight is 301 g/mol. The van der Waals surface area contributed by atoms with Crippen LogP contribution >= 0.6 is 11.6 Å². The van der Waals surface area contributed by atoms with E-state index in [0.717, 1.165) is 11.4 Å². The first kappa shape index (κ1) is 13.5. The quantitative estimate of drug-likeness (QED) is 0.719. The second-order valence-corrected chi connectivity index (χ2v) is 4.82. The molecule has 1 heterocycles. The first-order valence-corrected chi connectivity index (χ1v) is 6.75. The molecule has 2 aromatic carbocycles. The van der Waals surface area contributed by atoms with E-state index in [-0.39, 0.29) is 0 Å². The monoisotopic (exact) mass is 300 g/mol. The minimum absolute atomic E-state index is 0.642. The van der Waals surface area contributed by atoms with Crippen LogP contribution < -0.4 is 9.47 Å². The Morgan fingerprint density at radius 3 is 2.62 bits per heavy atom. The molecular weight excluding hydrogens is 288 g/mol. The van der Waals surface area contributed by atoms with Gasteiger partial charge in [0.2, 0.25) is 0 Å². The summed E-state index contributed by atoms with van der Waals surface area (Å²) in [5.74, 6) is 2.08. The lowest BCUT2D eigenvalue weighted by Crippen LogP contribution is -1.93. The number of rotatable bonds is 4. The van der Waals surface area contributed by atoms with Crippen LogP contribution in [0.3, 0.4) is 0 Å². The van der Waals surface area contributed by atoms with Gasteiger partial charge in [0.1, 0.15) is 11.5 Å². The lowest BCUT2D eigenvalue weighted by atomic mass is 10.3. The average Bonchev–Trinajstić information content (AvgIpc) is 2.96. The number of ether oxygens (including phenoxy) is 2. The fraction of sp³-hybridized carbons (Fsp3) is 0.0625. The van der Waals surface area contributed by atoms with Crippen LogP contribution in [0.4, 0.5) is 0 Å². The second-order valence-electron chi connectivity index (χ2n) is 4.38. The molecule has 21 heavy (non-hydrogen) atoms. The zero-order valence-electron chi connectivity index (χ0n) is 11.4. The molecule has 3 aromatic rings. The summed E-state index contributed by atoms with van der Waals surface area (Å²) in [6.45, 7) is 0. The number of halogens is 1. The third kappa shape index (κ3) is 3.17. The van der Waals surface area contributed by atoms with Crippen LogP contribution in [0.15, 0.2) is 60.9 Å². The molecule has 5 heteroatoms. The van der Waals surface area contributed by atoms with Crippen LogP contribution in [-0.2, 0) is 0 Å². The zero-order chi connectivity index (χ0) is 14.7. The number of nitrogens with zero attached hydrogens (tertiary/aromatic N) is 2. The molecule has 0 N–H and O–H groups in total. The van der Waals surface area contributed by atoms with E-state index >= 15 is 0 Å². The molecule has 0 aliphatic heterocycles. The van der Waals surface area contributed by atoms with Gasteiger partial charge >= 0.3 is 0 Å². The predicted molar refractivity (Wildman–Crippen MR) is 81.6 cm³/mol. The first-order chi connectivity index (χ1) is 10.2. The molecule has 0 unspecified atom stereocenters. The van der Waals surface area contributed by atoms with Crippen molar-refractivity contribution in [3.63, 3.8) is 0 Å². The van der Waals surface area contributed by atoms with Crippen LogP contribution in [0.25, 0.3) is 5.69 Å². The van der Waals surface area contributed by atoms with E-state index in [1.807, 2.05) is 48.5 Å². The summed E-state index contributed by atoms with van der Waals surface area (Å²) in [6.07, 6.45) is 3.45. The van der Waals surface area contributed by atoms with Gasteiger partial charge < -0.3 is 9.47 Å². The first-order valence-electron chi connectivity index (χ1n) is 6.37. The predicted octanol–water partition coefficient (Wildman–Crippen LogP) is 4.33. The molecule has 0 radical (unpaired) electrons. The van der Waals surface area contributed by atoms with Crippen molar-refractivity contribution in [3.8, 4) is 22.9 Å². The Bertz CT molecular complexity index is 755. The zero-order valence-corrected chi connectivity index (χ0v) is 12.1. The Morgan fingerprint density at radius 1 is 1.00 bits per heavy atom. The summed E-state index contributed by atoms with van der Waals surface area (Å²) in [4.78, 5) is 0. The van der Waals surface area contributed by atoms with Crippen LogP contribution in [0, 0.1) is 0 Å². The molecule has 106 valence electrons. The van der Waals surface area contributed by atoms with E-state index in [1.54, 1.807) is 24.2 Å². The number of hydrogen-bond acceptors (Lipinski definition) is 3. The summed E-state index contributed by atoms with van der Waals surface area (Å²) < 4.78 is 12.6. The van der Waals surface area contributed by atoms with Crippen molar-refractivity contribution in [3.05, 3.63) is 65.9 Å². The Hall–Kier alpha value is -2.46. The highest BCUT2D eigenvalue weighted by Gasteiger charge is 2.04. The van der Waals surface area contributed by atoms with Crippen molar-refractivity contribution in [2.45, 2.75) is 0 Å². The highest BCUT2D eigenvalue weighted by Crippen LogP contribution is 2.25. The topological polar surface area (TPSA) is 36.3 Å².